The third-order valence-electron chi connectivity index (χ3n) is 4.22. The lowest BCUT2D eigenvalue weighted by Crippen LogP contribution is -2.11. The van der Waals surface area contributed by atoms with Crippen LogP contribution in [-0.4, -0.2) is 20.9 Å². The van der Waals surface area contributed by atoms with E-state index >= 15 is 0 Å². The first-order chi connectivity index (χ1) is 12.1. The number of hydrogen-bond donors (Lipinski definition) is 2. The zero-order valence-electron chi connectivity index (χ0n) is 13.8. The van der Waals surface area contributed by atoms with Crippen LogP contribution in [0.5, 0.6) is 0 Å². The molecule has 3 aromatic heterocycles. The van der Waals surface area contributed by atoms with E-state index in [2.05, 4.69) is 27.2 Å². The van der Waals surface area contributed by atoms with Gasteiger partial charge < -0.3 is 4.98 Å². The topological polar surface area (TPSA) is 70.7 Å². The standard InChI is InChI=1S/C19H16N4OS/c1-11-12(2)21-15-7-6-13(9-14(11)15)18(24)23-19-22-17(10-25-19)16-5-3-4-8-20-16/h3-10,21H,1-2H3,(H,22,23,24). The predicted molar refractivity (Wildman–Crippen MR) is 101 cm³/mol. The van der Waals surface area contributed by atoms with Crippen molar-refractivity contribution in [2.45, 2.75) is 13.8 Å². The lowest BCUT2D eigenvalue weighted by Gasteiger charge is -2.02. The fourth-order valence-corrected chi connectivity index (χ4v) is 3.43. The monoisotopic (exact) mass is 348 g/mol. The molecule has 0 bridgehead atoms. The molecule has 0 saturated heterocycles. The number of anilines is 1. The first kappa shape index (κ1) is 15.5. The smallest absolute Gasteiger partial charge is 0.257 e. The Bertz CT molecular complexity index is 1070. The molecule has 6 heteroatoms. The van der Waals surface area contributed by atoms with E-state index in [-0.39, 0.29) is 5.91 Å². The number of rotatable bonds is 3. The highest BCUT2D eigenvalue weighted by Gasteiger charge is 2.12. The van der Waals surface area contributed by atoms with Crippen molar-refractivity contribution < 1.29 is 4.79 Å². The summed E-state index contributed by atoms with van der Waals surface area (Å²) in [5.41, 5.74) is 5.48. The number of aromatic nitrogens is 3. The highest BCUT2D eigenvalue weighted by atomic mass is 32.1. The molecule has 0 fully saturated rings. The molecular weight excluding hydrogens is 332 g/mol. The number of fused-ring (bicyclic) bond motifs is 1. The number of pyridine rings is 1. The van der Waals surface area contributed by atoms with Crippen molar-refractivity contribution in [3.8, 4) is 11.4 Å². The first-order valence-corrected chi connectivity index (χ1v) is 8.77. The van der Waals surface area contributed by atoms with E-state index in [4.69, 9.17) is 0 Å². The number of hydrogen-bond acceptors (Lipinski definition) is 4. The minimum Gasteiger partial charge on any atom is -0.358 e. The Labute approximate surface area is 148 Å². The summed E-state index contributed by atoms with van der Waals surface area (Å²) in [5.74, 6) is -0.165. The van der Waals surface area contributed by atoms with Gasteiger partial charge in [0.15, 0.2) is 5.13 Å². The third-order valence-corrected chi connectivity index (χ3v) is 4.98. The molecule has 0 saturated carbocycles. The summed E-state index contributed by atoms with van der Waals surface area (Å²) in [6.45, 7) is 4.08. The number of aromatic amines is 1. The Hall–Kier alpha value is -2.99. The molecule has 1 amide bonds. The molecule has 0 aliphatic rings. The molecule has 2 N–H and O–H groups in total. The maximum absolute atomic E-state index is 12.6. The fraction of sp³-hybridized carbons (Fsp3) is 0.105. The molecular formula is C19H16N4OS. The molecule has 4 rings (SSSR count). The second-order valence-corrected chi connectivity index (χ2v) is 6.70. The number of nitrogens with one attached hydrogen (secondary N) is 2. The zero-order valence-corrected chi connectivity index (χ0v) is 14.6. The van der Waals surface area contributed by atoms with Crippen LogP contribution in [0.25, 0.3) is 22.3 Å². The van der Waals surface area contributed by atoms with Crippen molar-refractivity contribution in [1.82, 2.24) is 15.0 Å². The zero-order chi connectivity index (χ0) is 17.4. The molecule has 0 aliphatic heterocycles. The SMILES string of the molecule is Cc1[nH]c2ccc(C(=O)Nc3nc(-c4ccccn4)cs3)cc2c1C. The Morgan fingerprint density at radius 1 is 1.16 bits per heavy atom. The summed E-state index contributed by atoms with van der Waals surface area (Å²) in [4.78, 5) is 24.6. The number of carbonyl (C=O) groups is 1. The van der Waals surface area contributed by atoms with Gasteiger partial charge in [0.05, 0.1) is 5.69 Å². The van der Waals surface area contributed by atoms with Crippen LogP contribution in [0.2, 0.25) is 0 Å². The minimum atomic E-state index is -0.165. The molecule has 0 unspecified atom stereocenters. The molecule has 0 spiro atoms. The fourth-order valence-electron chi connectivity index (χ4n) is 2.73. The molecule has 25 heavy (non-hydrogen) atoms. The summed E-state index contributed by atoms with van der Waals surface area (Å²) < 4.78 is 0. The van der Waals surface area contributed by atoms with Crippen LogP contribution in [-0.2, 0) is 0 Å². The normalized spacial score (nSPS) is 11.0. The predicted octanol–water partition coefficient (Wildman–Crippen LogP) is 4.56. The van der Waals surface area contributed by atoms with Gasteiger partial charge in [0, 0.05) is 33.7 Å². The van der Waals surface area contributed by atoms with E-state index < -0.39 is 0 Å². The van der Waals surface area contributed by atoms with Crippen LogP contribution >= 0.6 is 11.3 Å². The van der Waals surface area contributed by atoms with Gasteiger partial charge in [-0.1, -0.05) is 6.07 Å². The molecule has 0 atom stereocenters. The molecule has 0 aliphatic carbocycles. The average Bonchev–Trinajstić information content (AvgIpc) is 3.21. The molecule has 0 radical (unpaired) electrons. The Morgan fingerprint density at radius 3 is 2.84 bits per heavy atom. The number of nitrogens with zero attached hydrogens (tertiary/aromatic N) is 2. The highest BCUT2D eigenvalue weighted by molar-refractivity contribution is 7.14. The summed E-state index contributed by atoms with van der Waals surface area (Å²) in [6.07, 6.45) is 1.73. The molecule has 5 nitrogen and oxygen atoms in total. The largest absolute Gasteiger partial charge is 0.358 e. The third kappa shape index (κ3) is 2.92. The number of amides is 1. The first-order valence-electron chi connectivity index (χ1n) is 7.89. The van der Waals surface area contributed by atoms with Crippen LogP contribution in [0.4, 0.5) is 5.13 Å². The molecule has 1 aromatic carbocycles. The van der Waals surface area contributed by atoms with Gasteiger partial charge in [0.2, 0.25) is 0 Å². The number of thiazole rings is 1. The minimum absolute atomic E-state index is 0.165. The second kappa shape index (κ2) is 6.14. The van der Waals surface area contributed by atoms with Crippen LogP contribution in [0, 0.1) is 13.8 Å². The van der Waals surface area contributed by atoms with Gasteiger partial charge >= 0.3 is 0 Å². The molecule has 4 aromatic rings. The van der Waals surface area contributed by atoms with Crippen LogP contribution in [0.15, 0.2) is 48.0 Å². The lowest BCUT2D eigenvalue weighted by molar-refractivity contribution is 0.102. The van der Waals surface area contributed by atoms with Gasteiger partial charge in [-0.05, 0) is 49.7 Å². The summed E-state index contributed by atoms with van der Waals surface area (Å²) in [6, 6.07) is 11.3. The van der Waals surface area contributed by atoms with E-state index in [1.165, 1.54) is 11.3 Å². The van der Waals surface area contributed by atoms with Crippen molar-refractivity contribution in [2.75, 3.05) is 5.32 Å². The van der Waals surface area contributed by atoms with Gasteiger partial charge in [-0.25, -0.2) is 4.98 Å². The quantitative estimate of drug-likeness (QED) is 0.570. The van der Waals surface area contributed by atoms with Crippen molar-refractivity contribution in [3.05, 3.63) is 64.8 Å². The molecule has 124 valence electrons. The van der Waals surface area contributed by atoms with Crippen LogP contribution in [0.1, 0.15) is 21.6 Å². The van der Waals surface area contributed by atoms with Gasteiger partial charge in [-0.2, -0.15) is 0 Å². The van der Waals surface area contributed by atoms with Gasteiger partial charge in [0.1, 0.15) is 5.69 Å². The number of carbonyl (C=O) groups excluding carboxylic acids is 1. The van der Waals surface area contributed by atoms with Crippen molar-refractivity contribution in [3.63, 3.8) is 0 Å². The van der Waals surface area contributed by atoms with E-state index in [9.17, 15) is 4.79 Å². The second-order valence-electron chi connectivity index (χ2n) is 5.84. The molecule has 3 heterocycles. The van der Waals surface area contributed by atoms with E-state index in [0.717, 1.165) is 33.5 Å². The number of H-pyrrole nitrogens is 1. The van der Waals surface area contributed by atoms with Crippen molar-refractivity contribution in [1.29, 1.82) is 0 Å². The van der Waals surface area contributed by atoms with E-state index in [1.54, 1.807) is 6.20 Å². The lowest BCUT2D eigenvalue weighted by atomic mass is 10.1. The van der Waals surface area contributed by atoms with Gasteiger partial charge in [-0.15, -0.1) is 11.3 Å². The highest BCUT2D eigenvalue weighted by Crippen LogP contribution is 2.25. The summed E-state index contributed by atoms with van der Waals surface area (Å²) in [7, 11) is 0. The Kier molecular flexibility index (Phi) is 3.82. The Balaban J connectivity index is 1.58. The number of aryl methyl sites for hydroxylation is 2. The number of benzene rings is 1. The summed E-state index contributed by atoms with van der Waals surface area (Å²) >= 11 is 1.39. The maximum atomic E-state index is 12.6. The Morgan fingerprint density at radius 2 is 2.04 bits per heavy atom. The summed E-state index contributed by atoms with van der Waals surface area (Å²) in [5, 5.41) is 6.39. The van der Waals surface area contributed by atoms with Crippen molar-refractivity contribution in [2.24, 2.45) is 0 Å². The van der Waals surface area contributed by atoms with Gasteiger partial charge in [0.25, 0.3) is 5.91 Å². The van der Waals surface area contributed by atoms with E-state index in [0.29, 0.717) is 10.7 Å². The van der Waals surface area contributed by atoms with Crippen LogP contribution in [0.3, 0.4) is 0 Å². The van der Waals surface area contributed by atoms with Gasteiger partial charge in [-0.3, -0.25) is 15.1 Å². The average molecular weight is 348 g/mol. The van der Waals surface area contributed by atoms with E-state index in [1.807, 2.05) is 48.7 Å². The maximum Gasteiger partial charge on any atom is 0.257 e. The van der Waals surface area contributed by atoms with Crippen LogP contribution < -0.4 is 5.32 Å². The van der Waals surface area contributed by atoms with Crippen molar-refractivity contribution >= 4 is 33.3 Å².